The van der Waals surface area contributed by atoms with Crippen LogP contribution in [0, 0.1) is 5.41 Å². The smallest absolute Gasteiger partial charge is 0.317 e. The Labute approximate surface area is 173 Å². The van der Waals surface area contributed by atoms with Gasteiger partial charge in [0, 0.05) is 13.1 Å². The van der Waals surface area contributed by atoms with Crippen LogP contribution in [-0.2, 0) is 9.59 Å². The van der Waals surface area contributed by atoms with E-state index in [2.05, 4.69) is 16.0 Å². The van der Waals surface area contributed by atoms with Crippen molar-refractivity contribution in [1.82, 2.24) is 25.8 Å². The van der Waals surface area contributed by atoms with Crippen LogP contribution in [0.1, 0.15) is 47.5 Å². The molecule has 2 rings (SSSR count). The van der Waals surface area contributed by atoms with E-state index in [1.54, 1.807) is 23.8 Å². The Morgan fingerprint density at radius 1 is 1.21 bits per heavy atom. The summed E-state index contributed by atoms with van der Waals surface area (Å²) in [4.78, 5) is 41.6. The van der Waals surface area contributed by atoms with Gasteiger partial charge in [0.15, 0.2) is 0 Å². The van der Waals surface area contributed by atoms with Gasteiger partial charge in [0.05, 0.1) is 30.8 Å². The zero-order valence-corrected chi connectivity index (χ0v) is 18.5. The first-order chi connectivity index (χ1) is 13.5. The molecule has 2 aliphatic heterocycles. The third kappa shape index (κ3) is 5.01. The lowest BCUT2D eigenvalue weighted by Gasteiger charge is -2.36. The number of hydrogen-bond acceptors (Lipinski definition) is 5. The molecule has 4 N–H and O–H groups in total. The molecule has 2 fully saturated rings. The molecule has 0 aromatic heterocycles. The third-order valence-electron chi connectivity index (χ3n) is 5.89. The van der Waals surface area contributed by atoms with Crippen molar-refractivity contribution in [2.45, 2.75) is 77.7 Å². The molecule has 4 amide bonds. The first-order valence-electron chi connectivity index (χ1n) is 10.5. The topological polar surface area (TPSA) is 114 Å². The number of likely N-dealkylation sites (N-methyl/N-ethyl adjacent to an activating group) is 1. The van der Waals surface area contributed by atoms with E-state index >= 15 is 0 Å². The third-order valence-corrected chi connectivity index (χ3v) is 5.89. The lowest BCUT2D eigenvalue weighted by Crippen LogP contribution is -2.59. The minimum absolute atomic E-state index is 0.198. The van der Waals surface area contributed by atoms with Gasteiger partial charge in [-0.1, -0.05) is 27.7 Å². The molecule has 0 spiro atoms. The number of nitrogens with one attached hydrogen (secondary N) is 3. The summed E-state index contributed by atoms with van der Waals surface area (Å²) >= 11 is 0. The maximum Gasteiger partial charge on any atom is 0.317 e. The number of hydrogen-bond donors (Lipinski definition) is 4. The second kappa shape index (κ2) is 9.30. The fourth-order valence-electron chi connectivity index (χ4n) is 4.09. The second-order valence-electron chi connectivity index (χ2n) is 9.15. The Morgan fingerprint density at radius 2 is 1.86 bits per heavy atom. The molecule has 166 valence electrons. The standard InChI is InChI=1S/C20H37N5O4/c1-7-9-22-19(29)25-11-14(26)15-13(25)8-10-24(15)18(28)16(20(3,4)5)23-17(27)12(2)21-6/h12-16,21,26H,7-11H2,1-6H3,(H,22,29)(H,23,27). The number of carbonyl (C=O) groups is 3. The number of aliphatic hydroxyl groups excluding tert-OH is 1. The number of fused-ring (bicyclic) bond motifs is 1. The van der Waals surface area contributed by atoms with E-state index in [9.17, 15) is 19.5 Å². The van der Waals surface area contributed by atoms with Gasteiger partial charge in [-0.15, -0.1) is 0 Å². The highest BCUT2D eigenvalue weighted by atomic mass is 16.3. The van der Waals surface area contributed by atoms with Gasteiger partial charge in [0.1, 0.15) is 6.04 Å². The van der Waals surface area contributed by atoms with Crippen molar-refractivity contribution in [1.29, 1.82) is 0 Å². The molecule has 0 saturated carbocycles. The van der Waals surface area contributed by atoms with Gasteiger partial charge in [-0.05, 0) is 32.2 Å². The fraction of sp³-hybridized carbons (Fsp3) is 0.850. The molecule has 29 heavy (non-hydrogen) atoms. The van der Waals surface area contributed by atoms with Crippen LogP contribution in [0.3, 0.4) is 0 Å². The summed E-state index contributed by atoms with van der Waals surface area (Å²) in [5, 5.41) is 19.2. The number of rotatable bonds is 6. The van der Waals surface area contributed by atoms with E-state index in [0.717, 1.165) is 6.42 Å². The zero-order chi connectivity index (χ0) is 21.9. The van der Waals surface area contributed by atoms with E-state index in [1.165, 1.54) is 0 Å². The summed E-state index contributed by atoms with van der Waals surface area (Å²) < 4.78 is 0. The molecule has 0 radical (unpaired) electrons. The lowest BCUT2D eigenvalue weighted by molar-refractivity contribution is -0.141. The summed E-state index contributed by atoms with van der Waals surface area (Å²) in [5.74, 6) is -0.458. The number of amides is 4. The molecular weight excluding hydrogens is 374 g/mol. The molecular formula is C20H37N5O4. The largest absolute Gasteiger partial charge is 0.389 e. The van der Waals surface area contributed by atoms with E-state index in [4.69, 9.17) is 0 Å². The first-order valence-corrected chi connectivity index (χ1v) is 10.5. The number of carbonyl (C=O) groups excluding carboxylic acids is 3. The van der Waals surface area contributed by atoms with Crippen molar-refractivity contribution < 1.29 is 19.5 Å². The maximum absolute atomic E-state index is 13.4. The quantitative estimate of drug-likeness (QED) is 0.487. The Morgan fingerprint density at radius 3 is 2.41 bits per heavy atom. The van der Waals surface area contributed by atoms with Crippen molar-refractivity contribution in [2.24, 2.45) is 5.41 Å². The van der Waals surface area contributed by atoms with Gasteiger partial charge in [-0.25, -0.2) is 4.79 Å². The van der Waals surface area contributed by atoms with Gasteiger partial charge in [-0.2, -0.15) is 0 Å². The number of likely N-dealkylation sites (tertiary alicyclic amines) is 2. The Balaban J connectivity index is 2.17. The van der Waals surface area contributed by atoms with E-state index in [-0.39, 0.29) is 30.4 Å². The van der Waals surface area contributed by atoms with Crippen LogP contribution in [0.15, 0.2) is 0 Å². The summed E-state index contributed by atoms with van der Waals surface area (Å²) in [6, 6.07) is -2.00. The van der Waals surface area contributed by atoms with Crippen LogP contribution in [0.2, 0.25) is 0 Å². The molecule has 9 heteroatoms. The molecule has 0 bridgehead atoms. The Hall–Kier alpha value is -1.87. The first kappa shape index (κ1) is 23.4. The SMILES string of the molecule is CCCNC(=O)N1CC(O)C2C1CCN2C(=O)C(NC(=O)C(C)NC)C(C)(C)C. The van der Waals surface area contributed by atoms with Gasteiger partial charge < -0.3 is 30.9 Å². The average Bonchev–Trinajstić information content (AvgIpc) is 3.23. The lowest BCUT2D eigenvalue weighted by atomic mass is 9.85. The molecule has 5 atom stereocenters. The molecule has 2 heterocycles. The minimum Gasteiger partial charge on any atom is -0.389 e. The number of β-amino-alcohol motifs (C(OH)–C–C–N with tert-alkyl or cyclic N) is 1. The molecule has 5 unspecified atom stereocenters. The molecule has 2 aliphatic rings. The predicted molar refractivity (Wildman–Crippen MR) is 110 cm³/mol. The fourth-order valence-corrected chi connectivity index (χ4v) is 4.09. The van der Waals surface area contributed by atoms with Crippen LogP contribution in [0.25, 0.3) is 0 Å². The summed E-state index contributed by atoms with van der Waals surface area (Å²) in [6.07, 6.45) is 0.648. The van der Waals surface area contributed by atoms with Crippen LogP contribution in [-0.4, -0.2) is 89.7 Å². The van der Waals surface area contributed by atoms with Crippen LogP contribution < -0.4 is 16.0 Å². The minimum atomic E-state index is -0.800. The molecule has 0 aromatic rings. The highest BCUT2D eigenvalue weighted by Gasteiger charge is 2.53. The monoisotopic (exact) mass is 411 g/mol. The summed E-state index contributed by atoms with van der Waals surface area (Å²) in [5.41, 5.74) is -0.500. The average molecular weight is 412 g/mol. The molecule has 2 saturated heterocycles. The van der Waals surface area contributed by atoms with Crippen molar-refractivity contribution in [3.05, 3.63) is 0 Å². The van der Waals surface area contributed by atoms with E-state index in [1.807, 2.05) is 27.7 Å². The Kier molecular flexibility index (Phi) is 7.50. The van der Waals surface area contributed by atoms with Crippen LogP contribution in [0.4, 0.5) is 4.79 Å². The zero-order valence-electron chi connectivity index (χ0n) is 18.5. The molecule has 0 aliphatic carbocycles. The van der Waals surface area contributed by atoms with Crippen molar-refractivity contribution >= 4 is 17.8 Å². The van der Waals surface area contributed by atoms with E-state index < -0.39 is 29.6 Å². The summed E-state index contributed by atoms with van der Waals surface area (Å²) in [7, 11) is 1.69. The van der Waals surface area contributed by atoms with Crippen LogP contribution >= 0.6 is 0 Å². The second-order valence-corrected chi connectivity index (χ2v) is 9.15. The normalized spacial score (nSPS) is 26.1. The highest BCUT2D eigenvalue weighted by Crippen LogP contribution is 2.34. The number of aliphatic hydroxyl groups is 1. The van der Waals surface area contributed by atoms with Crippen LogP contribution in [0.5, 0.6) is 0 Å². The summed E-state index contributed by atoms with van der Waals surface area (Å²) in [6.45, 7) is 10.7. The number of nitrogens with zero attached hydrogens (tertiary/aromatic N) is 2. The molecule has 9 nitrogen and oxygen atoms in total. The molecule has 0 aromatic carbocycles. The van der Waals surface area contributed by atoms with Crippen molar-refractivity contribution in [3.63, 3.8) is 0 Å². The highest BCUT2D eigenvalue weighted by molar-refractivity contribution is 5.90. The number of urea groups is 1. The Bertz CT molecular complexity index is 620. The van der Waals surface area contributed by atoms with Gasteiger partial charge in [0.2, 0.25) is 11.8 Å². The van der Waals surface area contributed by atoms with Gasteiger partial charge >= 0.3 is 6.03 Å². The van der Waals surface area contributed by atoms with Crippen molar-refractivity contribution in [2.75, 3.05) is 26.7 Å². The van der Waals surface area contributed by atoms with E-state index in [0.29, 0.717) is 19.5 Å². The predicted octanol–water partition coefficient (Wildman–Crippen LogP) is -0.109. The van der Waals surface area contributed by atoms with Crippen molar-refractivity contribution in [3.8, 4) is 0 Å². The van der Waals surface area contributed by atoms with Gasteiger partial charge in [0.25, 0.3) is 0 Å². The van der Waals surface area contributed by atoms with Gasteiger partial charge in [-0.3, -0.25) is 9.59 Å². The maximum atomic E-state index is 13.4.